The zero-order valence-electron chi connectivity index (χ0n) is 14.8. The van der Waals surface area contributed by atoms with Crippen LogP contribution in [0.3, 0.4) is 0 Å². The first-order valence-corrected chi connectivity index (χ1v) is 8.95. The number of carbonyl (C=O) groups is 1. The summed E-state index contributed by atoms with van der Waals surface area (Å²) in [6.07, 6.45) is 3.35. The van der Waals surface area contributed by atoms with Gasteiger partial charge in [0.1, 0.15) is 0 Å². The fraction of sp³-hybridized carbons (Fsp3) is 0.632. The molecule has 0 atom stereocenters. The lowest BCUT2D eigenvalue weighted by molar-refractivity contribution is -0.118. The largest absolute Gasteiger partial charge is 0.325 e. The second-order valence-electron chi connectivity index (χ2n) is 6.74. The molecule has 0 unspecified atom stereocenters. The summed E-state index contributed by atoms with van der Waals surface area (Å²) in [5.41, 5.74) is 2.15. The highest BCUT2D eigenvalue weighted by molar-refractivity contribution is 5.93. The molecule has 4 heteroatoms. The van der Waals surface area contributed by atoms with Crippen molar-refractivity contribution in [2.24, 2.45) is 0 Å². The molecular weight excluding hydrogens is 286 g/mol. The summed E-state index contributed by atoms with van der Waals surface area (Å²) in [5.74, 6) is 0.507. The molecule has 128 valence electrons. The van der Waals surface area contributed by atoms with E-state index in [1.165, 1.54) is 5.56 Å². The van der Waals surface area contributed by atoms with E-state index in [0.717, 1.165) is 44.6 Å². The zero-order valence-corrected chi connectivity index (χ0v) is 14.8. The maximum absolute atomic E-state index is 12.5. The maximum atomic E-state index is 12.5. The van der Waals surface area contributed by atoms with Crippen LogP contribution in [0.2, 0.25) is 0 Å². The van der Waals surface area contributed by atoms with Crippen molar-refractivity contribution in [1.82, 2.24) is 10.2 Å². The van der Waals surface area contributed by atoms with Crippen LogP contribution in [0.1, 0.15) is 51.5 Å². The van der Waals surface area contributed by atoms with E-state index < -0.39 is 0 Å². The van der Waals surface area contributed by atoms with Crippen LogP contribution in [0, 0.1) is 0 Å². The van der Waals surface area contributed by atoms with Gasteiger partial charge in [0.15, 0.2) is 0 Å². The third-order valence-corrected chi connectivity index (χ3v) is 4.54. The van der Waals surface area contributed by atoms with E-state index in [9.17, 15) is 4.79 Å². The Kier molecular flexibility index (Phi) is 7.06. The Morgan fingerprint density at radius 2 is 2.00 bits per heavy atom. The van der Waals surface area contributed by atoms with E-state index in [0.29, 0.717) is 18.5 Å². The van der Waals surface area contributed by atoms with Crippen LogP contribution in [-0.2, 0) is 4.79 Å². The molecule has 2 rings (SSSR count). The highest BCUT2D eigenvalue weighted by atomic mass is 16.2. The van der Waals surface area contributed by atoms with Gasteiger partial charge in [-0.15, -0.1) is 0 Å². The second-order valence-corrected chi connectivity index (χ2v) is 6.74. The van der Waals surface area contributed by atoms with Crippen LogP contribution >= 0.6 is 0 Å². The molecule has 0 aliphatic carbocycles. The lowest BCUT2D eigenvalue weighted by Gasteiger charge is -2.34. The second kappa shape index (κ2) is 9.04. The fourth-order valence-corrected chi connectivity index (χ4v) is 3.34. The van der Waals surface area contributed by atoms with Crippen molar-refractivity contribution in [3.05, 3.63) is 29.8 Å². The van der Waals surface area contributed by atoms with Gasteiger partial charge >= 0.3 is 0 Å². The molecular formula is C19H31N3O. The monoisotopic (exact) mass is 317 g/mol. The Balaban J connectivity index is 1.99. The van der Waals surface area contributed by atoms with Gasteiger partial charge in [0.25, 0.3) is 0 Å². The van der Waals surface area contributed by atoms with E-state index in [1.54, 1.807) is 0 Å². The van der Waals surface area contributed by atoms with Gasteiger partial charge in [-0.3, -0.25) is 9.69 Å². The number of amides is 1. The van der Waals surface area contributed by atoms with Gasteiger partial charge in [-0.05, 0) is 56.4 Å². The third kappa shape index (κ3) is 5.33. The summed E-state index contributed by atoms with van der Waals surface area (Å²) in [7, 11) is 0. The molecule has 23 heavy (non-hydrogen) atoms. The van der Waals surface area contributed by atoms with E-state index >= 15 is 0 Å². The van der Waals surface area contributed by atoms with Gasteiger partial charge in [0.2, 0.25) is 5.91 Å². The summed E-state index contributed by atoms with van der Waals surface area (Å²) in [5, 5.41) is 6.52. The molecule has 2 N–H and O–H groups in total. The number of rotatable bonds is 7. The first kappa shape index (κ1) is 18.0. The maximum Gasteiger partial charge on any atom is 0.238 e. The predicted molar refractivity (Wildman–Crippen MR) is 96.9 cm³/mol. The average molecular weight is 317 g/mol. The number of carbonyl (C=O) groups excluding carboxylic acids is 1. The fourth-order valence-electron chi connectivity index (χ4n) is 3.34. The van der Waals surface area contributed by atoms with Crippen molar-refractivity contribution >= 4 is 11.6 Å². The van der Waals surface area contributed by atoms with Crippen molar-refractivity contribution in [2.75, 3.05) is 31.5 Å². The van der Waals surface area contributed by atoms with Gasteiger partial charge in [0.05, 0.1) is 6.54 Å². The van der Waals surface area contributed by atoms with E-state index in [4.69, 9.17) is 0 Å². The zero-order chi connectivity index (χ0) is 16.7. The topological polar surface area (TPSA) is 44.4 Å². The van der Waals surface area contributed by atoms with Crippen molar-refractivity contribution in [3.8, 4) is 0 Å². The minimum atomic E-state index is 0.102. The number of piperidine rings is 1. The minimum absolute atomic E-state index is 0.102. The van der Waals surface area contributed by atoms with Crippen molar-refractivity contribution in [1.29, 1.82) is 0 Å². The molecule has 1 fully saturated rings. The summed E-state index contributed by atoms with van der Waals surface area (Å²) < 4.78 is 0. The average Bonchev–Trinajstić information content (AvgIpc) is 2.55. The highest BCUT2D eigenvalue weighted by Crippen LogP contribution is 2.23. The van der Waals surface area contributed by atoms with Gasteiger partial charge in [0, 0.05) is 11.7 Å². The normalized spacial score (nSPS) is 16.0. The van der Waals surface area contributed by atoms with Crippen molar-refractivity contribution < 1.29 is 4.79 Å². The number of nitrogens with one attached hydrogen (secondary N) is 2. The minimum Gasteiger partial charge on any atom is -0.325 e. The van der Waals surface area contributed by atoms with Gasteiger partial charge < -0.3 is 10.6 Å². The van der Waals surface area contributed by atoms with Gasteiger partial charge in [-0.1, -0.05) is 39.0 Å². The molecule has 1 heterocycles. The lowest BCUT2D eigenvalue weighted by atomic mass is 10.0. The number of benzene rings is 1. The molecule has 4 nitrogen and oxygen atoms in total. The molecule has 1 aromatic rings. The van der Waals surface area contributed by atoms with E-state index in [-0.39, 0.29) is 5.91 Å². The molecule has 1 amide bonds. The Hall–Kier alpha value is -1.39. The number of para-hydroxylation sites is 1. The highest BCUT2D eigenvalue weighted by Gasteiger charge is 2.22. The van der Waals surface area contributed by atoms with E-state index in [2.05, 4.69) is 42.4 Å². The SMILES string of the molecule is CCCN(CC(=O)Nc1ccccc1C(C)C)C1CCNCC1. The van der Waals surface area contributed by atoms with E-state index in [1.807, 2.05) is 18.2 Å². The van der Waals surface area contributed by atoms with Crippen molar-refractivity contribution in [2.45, 2.75) is 52.0 Å². The Bertz CT molecular complexity index is 495. The van der Waals surface area contributed by atoms with Crippen LogP contribution < -0.4 is 10.6 Å². The summed E-state index contributed by atoms with van der Waals surface area (Å²) >= 11 is 0. The molecule has 0 bridgehead atoms. The van der Waals surface area contributed by atoms with Gasteiger partial charge in [-0.25, -0.2) is 0 Å². The summed E-state index contributed by atoms with van der Waals surface area (Å²) in [6.45, 7) is 10.1. The van der Waals surface area contributed by atoms with Gasteiger partial charge in [-0.2, -0.15) is 0 Å². The molecule has 1 saturated heterocycles. The number of anilines is 1. The molecule has 0 radical (unpaired) electrons. The summed E-state index contributed by atoms with van der Waals surface area (Å²) in [6, 6.07) is 8.64. The Labute approximate surface area is 140 Å². The first-order chi connectivity index (χ1) is 11.1. The standard InChI is InChI=1S/C19H31N3O/c1-4-13-22(16-9-11-20-12-10-16)14-19(23)21-18-8-6-5-7-17(18)15(2)3/h5-8,15-16,20H,4,9-14H2,1-3H3,(H,21,23). The number of hydrogen-bond acceptors (Lipinski definition) is 3. The lowest BCUT2D eigenvalue weighted by Crippen LogP contribution is -2.46. The van der Waals surface area contributed by atoms with Crippen molar-refractivity contribution in [3.63, 3.8) is 0 Å². The van der Waals surface area contributed by atoms with Crippen LogP contribution in [0.25, 0.3) is 0 Å². The Morgan fingerprint density at radius 3 is 2.65 bits per heavy atom. The quantitative estimate of drug-likeness (QED) is 0.811. The number of nitrogens with zero attached hydrogens (tertiary/aromatic N) is 1. The van der Waals surface area contributed by atoms with Crippen LogP contribution in [-0.4, -0.2) is 43.0 Å². The Morgan fingerprint density at radius 1 is 1.30 bits per heavy atom. The predicted octanol–water partition coefficient (Wildman–Crippen LogP) is 3.21. The molecule has 1 aromatic carbocycles. The molecule has 0 saturated carbocycles. The van der Waals surface area contributed by atoms with Crippen LogP contribution in [0.15, 0.2) is 24.3 Å². The van der Waals surface area contributed by atoms with Crippen LogP contribution in [0.4, 0.5) is 5.69 Å². The molecule has 1 aliphatic rings. The first-order valence-electron chi connectivity index (χ1n) is 8.95. The smallest absolute Gasteiger partial charge is 0.238 e. The summed E-state index contributed by atoms with van der Waals surface area (Å²) in [4.78, 5) is 14.9. The van der Waals surface area contributed by atoms with Crippen LogP contribution in [0.5, 0.6) is 0 Å². The number of hydrogen-bond donors (Lipinski definition) is 2. The molecule has 0 spiro atoms. The third-order valence-electron chi connectivity index (χ3n) is 4.54. The molecule has 0 aromatic heterocycles. The molecule has 1 aliphatic heterocycles.